The van der Waals surface area contributed by atoms with E-state index in [-0.39, 0.29) is 12.3 Å². The highest BCUT2D eigenvalue weighted by Crippen LogP contribution is 2.20. The molecule has 0 amide bonds. The van der Waals surface area contributed by atoms with Crippen molar-refractivity contribution >= 4 is 5.69 Å². The molecule has 0 aliphatic rings. The molecule has 0 saturated carbocycles. The lowest BCUT2D eigenvalue weighted by Crippen LogP contribution is -2.03. The van der Waals surface area contributed by atoms with Crippen LogP contribution in [0.15, 0.2) is 42.6 Å². The van der Waals surface area contributed by atoms with Gasteiger partial charge in [-0.1, -0.05) is 18.2 Å². The first-order chi connectivity index (χ1) is 8.68. The van der Waals surface area contributed by atoms with E-state index in [1.54, 1.807) is 0 Å². The zero-order valence-electron chi connectivity index (χ0n) is 9.87. The van der Waals surface area contributed by atoms with Gasteiger partial charge in [-0.3, -0.25) is 15.1 Å². The number of ether oxygens (including phenoxy) is 1. The van der Waals surface area contributed by atoms with Crippen LogP contribution in [0.5, 0.6) is 5.75 Å². The monoisotopic (exact) mass is 244 g/mol. The van der Waals surface area contributed by atoms with Crippen molar-refractivity contribution in [2.45, 2.75) is 13.5 Å². The second-order valence-corrected chi connectivity index (χ2v) is 3.78. The van der Waals surface area contributed by atoms with E-state index in [2.05, 4.69) is 4.98 Å². The summed E-state index contributed by atoms with van der Waals surface area (Å²) in [6.07, 6.45) is 1.52. The molecular formula is C13H12N2O3. The lowest BCUT2D eigenvalue weighted by Gasteiger charge is -2.08. The molecule has 18 heavy (non-hydrogen) atoms. The van der Waals surface area contributed by atoms with E-state index >= 15 is 0 Å². The number of hydrogen-bond acceptors (Lipinski definition) is 4. The van der Waals surface area contributed by atoms with E-state index in [1.807, 2.05) is 31.2 Å². The number of para-hydroxylation sites is 1. The zero-order valence-corrected chi connectivity index (χ0v) is 9.87. The van der Waals surface area contributed by atoms with Crippen LogP contribution in [-0.4, -0.2) is 9.91 Å². The molecule has 0 fully saturated rings. The van der Waals surface area contributed by atoms with Crippen molar-refractivity contribution in [2.75, 3.05) is 0 Å². The van der Waals surface area contributed by atoms with Gasteiger partial charge in [0, 0.05) is 12.3 Å². The van der Waals surface area contributed by atoms with E-state index in [4.69, 9.17) is 4.74 Å². The van der Waals surface area contributed by atoms with Crippen LogP contribution in [0, 0.1) is 17.0 Å². The van der Waals surface area contributed by atoms with Gasteiger partial charge in [-0.05, 0) is 24.6 Å². The Kier molecular flexibility index (Phi) is 3.52. The molecule has 2 rings (SSSR count). The predicted octanol–water partition coefficient (Wildman–Crippen LogP) is 2.88. The molecule has 0 aliphatic heterocycles. The topological polar surface area (TPSA) is 65.3 Å². The first-order valence-electron chi connectivity index (χ1n) is 5.45. The Bertz CT molecular complexity index is 570. The van der Waals surface area contributed by atoms with Gasteiger partial charge in [0.15, 0.2) is 5.69 Å². The summed E-state index contributed by atoms with van der Waals surface area (Å²) in [6.45, 7) is 2.00. The Hall–Kier alpha value is -2.43. The average molecular weight is 244 g/mol. The first kappa shape index (κ1) is 12.0. The minimum atomic E-state index is -0.455. The van der Waals surface area contributed by atoms with E-state index in [0.717, 1.165) is 5.56 Å². The maximum absolute atomic E-state index is 10.8. The third kappa shape index (κ3) is 2.63. The molecule has 0 N–H and O–H groups in total. The van der Waals surface area contributed by atoms with E-state index in [0.29, 0.717) is 11.4 Å². The summed E-state index contributed by atoms with van der Waals surface area (Å²) < 4.78 is 5.55. The van der Waals surface area contributed by atoms with Crippen LogP contribution in [0.4, 0.5) is 5.69 Å². The number of hydrogen-bond donors (Lipinski definition) is 0. The number of pyridine rings is 1. The summed E-state index contributed by atoms with van der Waals surface area (Å²) in [5.41, 5.74) is 1.29. The van der Waals surface area contributed by atoms with E-state index in [9.17, 15) is 10.1 Å². The van der Waals surface area contributed by atoms with Crippen LogP contribution in [0.2, 0.25) is 0 Å². The highest BCUT2D eigenvalue weighted by Gasteiger charge is 2.14. The minimum Gasteiger partial charge on any atom is -0.487 e. The maximum Gasteiger partial charge on any atom is 0.294 e. The third-order valence-electron chi connectivity index (χ3n) is 2.52. The van der Waals surface area contributed by atoms with Crippen molar-refractivity contribution in [3.05, 3.63) is 64.0 Å². The number of nitrogens with zero attached hydrogens (tertiary/aromatic N) is 2. The summed E-state index contributed by atoms with van der Waals surface area (Å²) in [7, 11) is 0. The molecule has 5 heteroatoms. The van der Waals surface area contributed by atoms with Gasteiger partial charge in [-0.2, -0.15) is 0 Å². The zero-order chi connectivity index (χ0) is 13.0. The van der Waals surface area contributed by atoms with Gasteiger partial charge >= 0.3 is 0 Å². The largest absolute Gasteiger partial charge is 0.487 e. The second kappa shape index (κ2) is 5.27. The van der Waals surface area contributed by atoms with Crippen molar-refractivity contribution in [3.8, 4) is 5.75 Å². The quantitative estimate of drug-likeness (QED) is 0.612. The molecule has 1 aromatic heterocycles. The minimum absolute atomic E-state index is 0.0221. The SMILES string of the molecule is Cc1ccccc1OCc1ncccc1[N+](=O)[O-]. The van der Waals surface area contributed by atoms with Gasteiger partial charge in [0.1, 0.15) is 12.4 Å². The average Bonchev–Trinajstić information content (AvgIpc) is 2.38. The Labute approximate surface area is 104 Å². The molecule has 2 aromatic rings. The summed E-state index contributed by atoms with van der Waals surface area (Å²) in [5.74, 6) is 0.706. The Morgan fingerprint density at radius 2 is 2.06 bits per heavy atom. The molecular weight excluding hydrogens is 232 g/mol. The van der Waals surface area contributed by atoms with Crippen LogP contribution in [0.3, 0.4) is 0 Å². The normalized spacial score (nSPS) is 10.1. The van der Waals surface area contributed by atoms with Crippen molar-refractivity contribution < 1.29 is 9.66 Å². The molecule has 0 atom stereocenters. The summed E-state index contributed by atoms with van der Waals surface area (Å²) in [6, 6.07) is 10.5. The first-order valence-corrected chi connectivity index (χ1v) is 5.45. The van der Waals surface area contributed by atoms with Gasteiger partial charge < -0.3 is 4.74 Å². The standard InChI is InChI=1S/C13H12N2O3/c1-10-5-2-3-7-13(10)18-9-11-12(15(16)17)6-4-8-14-11/h2-8H,9H2,1H3. The highest BCUT2D eigenvalue weighted by molar-refractivity contribution is 5.35. The predicted molar refractivity (Wildman–Crippen MR) is 66.4 cm³/mol. The second-order valence-electron chi connectivity index (χ2n) is 3.78. The molecule has 0 aliphatic carbocycles. The van der Waals surface area contributed by atoms with Gasteiger partial charge in [0.25, 0.3) is 5.69 Å². The third-order valence-corrected chi connectivity index (χ3v) is 2.52. The van der Waals surface area contributed by atoms with Gasteiger partial charge in [-0.25, -0.2) is 0 Å². The van der Waals surface area contributed by atoms with Crippen molar-refractivity contribution in [1.82, 2.24) is 4.98 Å². The molecule has 0 spiro atoms. The maximum atomic E-state index is 10.8. The Morgan fingerprint density at radius 1 is 1.28 bits per heavy atom. The fourth-order valence-electron chi connectivity index (χ4n) is 1.57. The molecule has 0 unspecified atom stereocenters. The molecule has 0 saturated heterocycles. The van der Waals surface area contributed by atoms with Crippen LogP contribution in [0.1, 0.15) is 11.3 Å². The van der Waals surface area contributed by atoms with Gasteiger partial charge in [0.05, 0.1) is 4.92 Å². The van der Waals surface area contributed by atoms with Gasteiger partial charge in [-0.15, -0.1) is 0 Å². The van der Waals surface area contributed by atoms with Crippen LogP contribution >= 0.6 is 0 Å². The van der Waals surface area contributed by atoms with E-state index in [1.165, 1.54) is 18.3 Å². The fraction of sp³-hybridized carbons (Fsp3) is 0.154. The van der Waals surface area contributed by atoms with Crippen molar-refractivity contribution in [1.29, 1.82) is 0 Å². The van der Waals surface area contributed by atoms with Crippen molar-refractivity contribution in [2.24, 2.45) is 0 Å². The van der Waals surface area contributed by atoms with Crippen LogP contribution in [-0.2, 0) is 6.61 Å². The van der Waals surface area contributed by atoms with E-state index < -0.39 is 4.92 Å². The van der Waals surface area contributed by atoms with Crippen LogP contribution in [0.25, 0.3) is 0 Å². The molecule has 0 bridgehead atoms. The Morgan fingerprint density at radius 3 is 2.78 bits per heavy atom. The number of aryl methyl sites for hydroxylation is 1. The molecule has 5 nitrogen and oxygen atoms in total. The summed E-state index contributed by atoms with van der Waals surface area (Å²) in [4.78, 5) is 14.3. The Balaban J connectivity index is 2.16. The molecule has 1 heterocycles. The summed E-state index contributed by atoms with van der Waals surface area (Å²) in [5, 5.41) is 10.8. The molecule has 0 radical (unpaired) electrons. The van der Waals surface area contributed by atoms with Crippen molar-refractivity contribution in [3.63, 3.8) is 0 Å². The van der Waals surface area contributed by atoms with Crippen LogP contribution < -0.4 is 4.74 Å². The lowest BCUT2D eigenvalue weighted by molar-refractivity contribution is -0.386. The van der Waals surface area contributed by atoms with Gasteiger partial charge in [0.2, 0.25) is 0 Å². The smallest absolute Gasteiger partial charge is 0.294 e. The number of nitro groups is 1. The fourth-order valence-corrected chi connectivity index (χ4v) is 1.57. The summed E-state index contributed by atoms with van der Waals surface area (Å²) >= 11 is 0. The number of benzene rings is 1. The highest BCUT2D eigenvalue weighted by atomic mass is 16.6. The number of rotatable bonds is 4. The molecule has 92 valence electrons. The number of aromatic nitrogens is 1. The molecule has 1 aromatic carbocycles. The lowest BCUT2D eigenvalue weighted by atomic mass is 10.2.